The predicted molar refractivity (Wildman–Crippen MR) is 53.3 cm³/mol. The molecule has 0 aliphatic rings. The first-order valence-electron chi connectivity index (χ1n) is 3.89. The number of nitro groups is 1. The van der Waals surface area contributed by atoms with Gasteiger partial charge in [-0.15, -0.1) is 0 Å². The van der Waals surface area contributed by atoms with Gasteiger partial charge in [0.25, 0.3) is 5.69 Å². The number of hydrogen-bond acceptors (Lipinski definition) is 6. The number of nitrogen functional groups attached to an aromatic ring is 2. The fraction of sp³-hybridized carbons (Fsp3) is 0.125. The Labute approximate surface area is 84.8 Å². The Kier molecular flexibility index (Phi) is 2.75. The van der Waals surface area contributed by atoms with Crippen LogP contribution in [0, 0.1) is 10.1 Å². The van der Waals surface area contributed by atoms with Crippen LogP contribution in [0.5, 0.6) is 0 Å². The fourth-order valence-electron chi connectivity index (χ4n) is 1.04. The molecule has 0 heterocycles. The number of benzene rings is 1. The number of anilines is 2. The van der Waals surface area contributed by atoms with E-state index in [1.54, 1.807) is 0 Å². The number of ether oxygens (including phenoxy) is 1. The highest BCUT2D eigenvalue weighted by molar-refractivity contribution is 5.99. The third kappa shape index (κ3) is 1.96. The molecule has 0 radical (unpaired) electrons. The summed E-state index contributed by atoms with van der Waals surface area (Å²) in [6.45, 7) is 0. The Balaban J connectivity index is 3.37. The van der Waals surface area contributed by atoms with E-state index in [1.807, 2.05) is 0 Å². The van der Waals surface area contributed by atoms with Gasteiger partial charge in [0, 0.05) is 12.1 Å². The van der Waals surface area contributed by atoms with Gasteiger partial charge in [-0.2, -0.15) is 0 Å². The molecule has 0 unspecified atom stereocenters. The summed E-state index contributed by atoms with van der Waals surface area (Å²) in [5.41, 5.74) is 10.4. The highest BCUT2D eigenvalue weighted by Gasteiger charge is 2.18. The molecule has 0 aliphatic carbocycles. The molecular weight excluding hydrogens is 202 g/mol. The van der Waals surface area contributed by atoms with Crippen LogP contribution >= 0.6 is 0 Å². The van der Waals surface area contributed by atoms with E-state index in [1.165, 1.54) is 0 Å². The maximum absolute atomic E-state index is 11.2. The van der Waals surface area contributed by atoms with E-state index in [2.05, 4.69) is 4.74 Å². The van der Waals surface area contributed by atoms with Gasteiger partial charge in [0.15, 0.2) is 0 Å². The van der Waals surface area contributed by atoms with Crippen molar-refractivity contribution in [2.75, 3.05) is 18.6 Å². The van der Waals surface area contributed by atoms with Crippen molar-refractivity contribution >= 4 is 23.0 Å². The van der Waals surface area contributed by atoms with Crippen LogP contribution < -0.4 is 11.5 Å². The molecule has 0 aliphatic heterocycles. The van der Waals surface area contributed by atoms with E-state index in [0.717, 1.165) is 19.2 Å². The van der Waals surface area contributed by atoms with Crippen molar-refractivity contribution in [3.63, 3.8) is 0 Å². The van der Waals surface area contributed by atoms with Crippen LogP contribution in [0.4, 0.5) is 17.1 Å². The predicted octanol–water partition coefficient (Wildman–Crippen LogP) is 0.546. The number of nitrogens with zero attached hydrogens (tertiary/aromatic N) is 1. The fourth-order valence-corrected chi connectivity index (χ4v) is 1.04. The Hall–Kier alpha value is -2.31. The third-order valence-electron chi connectivity index (χ3n) is 1.81. The summed E-state index contributed by atoms with van der Waals surface area (Å²) in [4.78, 5) is 21.0. The van der Waals surface area contributed by atoms with Gasteiger partial charge in [0.1, 0.15) is 0 Å². The Morgan fingerprint density at radius 1 is 1.47 bits per heavy atom. The summed E-state index contributed by atoms with van der Waals surface area (Å²) in [6.07, 6.45) is 0. The lowest BCUT2D eigenvalue weighted by molar-refractivity contribution is -0.384. The van der Waals surface area contributed by atoms with Crippen molar-refractivity contribution in [2.24, 2.45) is 0 Å². The number of carbonyl (C=O) groups is 1. The first-order chi connectivity index (χ1) is 6.97. The Bertz CT molecular complexity index is 430. The topological polar surface area (TPSA) is 121 Å². The zero-order valence-corrected chi connectivity index (χ0v) is 7.89. The highest BCUT2D eigenvalue weighted by Crippen LogP contribution is 2.27. The molecule has 4 N–H and O–H groups in total. The van der Waals surface area contributed by atoms with Crippen LogP contribution in [0.3, 0.4) is 0 Å². The number of esters is 1. The number of carbonyl (C=O) groups excluding carboxylic acids is 1. The maximum atomic E-state index is 11.2. The van der Waals surface area contributed by atoms with Crippen molar-refractivity contribution in [1.82, 2.24) is 0 Å². The molecule has 7 heteroatoms. The van der Waals surface area contributed by atoms with Gasteiger partial charge in [-0.1, -0.05) is 0 Å². The molecule has 0 amide bonds. The lowest BCUT2D eigenvalue weighted by Crippen LogP contribution is -2.08. The van der Waals surface area contributed by atoms with Gasteiger partial charge < -0.3 is 16.2 Å². The SMILES string of the molecule is COC(=O)c1cc([N+](=O)[O-])cc(N)c1N. The van der Waals surface area contributed by atoms with E-state index in [4.69, 9.17) is 11.5 Å². The minimum Gasteiger partial charge on any atom is -0.465 e. The van der Waals surface area contributed by atoms with Crippen LogP contribution in [0.15, 0.2) is 12.1 Å². The molecule has 0 saturated carbocycles. The molecule has 1 aromatic carbocycles. The van der Waals surface area contributed by atoms with Gasteiger partial charge in [-0.3, -0.25) is 10.1 Å². The first kappa shape index (κ1) is 10.8. The average molecular weight is 211 g/mol. The number of methoxy groups -OCH3 is 1. The van der Waals surface area contributed by atoms with E-state index < -0.39 is 10.9 Å². The van der Waals surface area contributed by atoms with Crippen LogP contribution in [-0.4, -0.2) is 18.0 Å². The molecule has 0 spiro atoms. The Morgan fingerprint density at radius 2 is 2.07 bits per heavy atom. The largest absolute Gasteiger partial charge is 0.465 e. The van der Waals surface area contributed by atoms with E-state index in [-0.39, 0.29) is 22.6 Å². The van der Waals surface area contributed by atoms with Crippen molar-refractivity contribution < 1.29 is 14.5 Å². The Morgan fingerprint density at radius 3 is 2.53 bits per heavy atom. The molecule has 1 aromatic rings. The average Bonchev–Trinajstić information content (AvgIpc) is 2.20. The molecular formula is C8H9N3O4. The minimum atomic E-state index is -0.761. The van der Waals surface area contributed by atoms with Gasteiger partial charge in [-0.05, 0) is 0 Å². The van der Waals surface area contributed by atoms with Gasteiger partial charge in [0.05, 0.1) is 29.0 Å². The zero-order chi connectivity index (χ0) is 11.6. The number of hydrogen-bond donors (Lipinski definition) is 2. The molecule has 0 fully saturated rings. The maximum Gasteiger partial charge on any atom is 0.340 e. The van der Waals surface area contributed by atoms with Crippen molar-refractivity contribution in [3.8, 4) is 0 Å². The van der Waals surface area contributed by atoms with Gasteiger partial charge >= 0.3 is 5.97 Å². The molecule has 80 valence electrons. The normalized spacial score (nSPS) is 9.67. The summed E-state index contributed by atoms with van der Waals surface area (Å²) in [6, 6.07) is 2.11. The summed E-state index contributed by atoms with van der Waals surface area (Å²) >= 11 is 0. The van der Waals surface area contributed by atoms with Crippen molar-refractivity contribution in [2.45, 2.75) is 0 Å². The molecule has 0 saturated heterocycles. The lowest BCUT2D eigenvalue weighted by atomic mass is 10.1. The lowest BCUT2D eigenvalue weighted by Gasteiger charge is -2.05. The number of nitro benzene ring substituents is 1. The zero-order valence-electron chi connectivity index (χ0n) is 7.89. The second kappa shape index (κ2) is 3.82. The van der Waals surface area contributed by atoms with Crippen molar-refractivity contribution in [3.05, 3.63) is 27.8 Å². The van der Waals surface area contributed by atoms with Gasteiger partial charge in [0.2, 0.25) is 0 Å². The van der Waals surface area contributed by atoms with Crippen LogP contribution in [0.25, 0.3) is 0 Å². The van der Waals surface area contributed by atoms with Gasteiger partial charge in [-0.25, -0.2) is 4.79 Å². The molecule has 7 nitrogen and oxygen atoms in total. The number of nitrogens with two attached hydrogens (primary N) is 2. The first-order valence-corrected chi connectivity index (χ1v) is 3.89. The summed E-state index contributed by atoms with van der Waals surface area (Å²) in [7, 11) is 1.15. The third-order valence-corrected chi connectivity index (χ3v) is 1.81. The summed E-state index contributed by atoms with van der Waals surface area (Å²) < 4.78 is 4.41. The molecule has 0 atom stereocenters. The van der Waals surface area contributed by atoms with Crippen molar-refractivity contribution in [1.29, 1.82) is 0 Å². The molecule has 0 bridgehead atoms. The summed E-state index contributed by atoms with van der Waals surface area (Å²) in [5, 5.41) is 10.5. The summed E-state index contributed by atoms with van der Waals surface area (Å²) in [5.74, 6) is -0.761. The monoisotopic (exact) mass is 211 g/mol. The highest BCUT2D eigenvalue weighted by atomic mass is 16.6. The quantitative estimate of drug-likeness (QED) is 0.318. The second-order valence-corrected chi connectivity index (χ2v) is 2.74. The van der Waals surface area contributed by atoms with E-state index in [9.17, 15) is 14.9 Å². The standard InChI is InChI=1S/C8H9N3O4/c1-15-8(12)5-2-4(11(13)14)3-6(9)7(5)10/h2-3H,9-10H2,1H3. The van der Waals surface area contributed by atoms with Crippen LogP contribution in [-0.2, 0) is 4.74 Å². The van der Waals surface area contributed by atoms with E-state index in [0.29, 0.717) is 0 Å². The smallest absolute Gasteiger partial charge is 0.340 e. The minimum absolute atomic E-state index is 0.0209. The van der Waals surface area contributed by atoms with E-state index >= 15 is 0 Å². The molecule has 15 heavy (non-hydrogen) atoms. The second-order valence-electron chi connectivity index (χ2n) is 2.74. The number of non-ortho nitro benzene ring substituents is 1. The van der Waals surface area contributed by atoms with Crippen LogP contribution in [0.1, 0.15) is 10.4 Å². The number of rotatable bonds is 2. The van der Waals surface area contributed by atoms with Crippen LogP contribution in [0.2, 0.25) is 0 Å². The molecule has 1 rings (SSSR count). The molecule has 0 aromatic heterocycles.